The van der Waals surface area contributed by atoms with Gasteiger partial charge in [0.25, 0.3) is 0 Å². The number of ether oxygens (including phenoxy) is 3. The first-order chi connectivity index (χ1) is 29.1. The average molecular weight is 915 g/mol. The largest absolute Gasteiger partial charge is 0.453 e. The van der Waals surface area contributed by atoms with E-state index in [1.165, 1.54) is 18.3 Å². The van der Waals surface area contributed by atoms with Crippen LogP contribution in [0.25, 0.3) is 0 Å². The molecule has 8 fully saturated rings. The minimum atomic E-state index is -4.67. The van der Waals surface area contributed by atoms with Crippen molar-refractivity contribution < 1.29 is 81.3 Å². The first kappa shape index (κ1) is 47.3. The lowest BCUT2D eigenvalue weighted by Gasteiger charge is -2.68. The number of aliphatic hydroxyl groups excluding tert-OH is 1. The van der Waals surface area contributed by atoms with Crippen LogP contribution >= 0.6 is 0 Å². The lowest BCUT2D eigenvalue weighted by atomic mass is 9.49. The predicted molar refractivity (Wildman–Crippen MR) is 215 cm³/mol. The van der Waals surface area contributed by atoms with Crippen molar-refractivity contribution in [1.82, 2.24) is 9.91 Å². The second kappa shape index (κ2) is 15.8. The van der Waals surface area contributed by atoms with E-state index in [2.05, 4.69) is 21.7 Å². The lowest BCUT2D eigenvalue weighted by Crippen LogP contribution is -2.85. The number of nitro groups is 1. The van der Waals surface area contributed by atoms with Crippen LogP contribution in [0.15, 0.2) is 33.3 Å². The Bertz CT molecular complexity index is 2160. The zero-order valence-electron chi connectivity index (χ0n) is 35.7. The molecule has 1 aromatic rings. The Morgan fingerprint density at radius 3 is 2.29 bits per heavy atom. The van der Waals surface area contributed by atoms with E-state index in [0.29, 0.717) is 56.7 Å². The van der Waals surface area contributed by atoms with Crippen LogP contribution in [0.2, 0.25) is 0 Å². The number of rotatable bonds is 5. The van der Waals surface area contributed by atoms with Crippen LogP contribution in [0, 0.1) is 39.2 Å². The number of hydrogen-bond acceptors (Lipinski definition) is 18. The molecule has 63 heavy (non-hydrogen) atoms. The molecule has 4 saturated carbocycles. The van der Waals surface area contributed by atoms with Crippen LogP contribution in [0.3, 0.4) is 0 Å². The summed E-state index contributed by atoms with van der Waals surface area (Å²) in [6.07, 6.45) is 2.97. The number of esters is 1. The molecule has 1 amide bonds. The number of hydrogen-bond donors (Lipinski definition) is 8. The summed E-state index contributed by atoms with van der Waals surface area (Å²) in [7, 11) is -4.67. The summed E-state index contributed by atoms with van der Waals surface area (Å²) in [5.74, 6) is -4.22. The molecule has 352 valence electrons. The Morgan fingerprint density at radius 1 is 1.02 bits per heavy atom. The van der Waals surface area contributed by atoms with E-state index in [4.69, 9.17) is 31.4 Å². The van der Waals surface area contributed by atoms with Crippen LogP contribution in [-0.4, -0.2) is 160 Å². The van der Waals surface area contributed by atoms with E-state index in [0.717, 1.165) is 11.4 Å². The van der Waals surface area contributed by atoms with Gasteiger partial charge < -0.3 is 49.3 Å². The van der Waals surface area contributed by atoms with E-state index >= 15 is 0 Å². The number of furan rings is 1. The van der Waals surface area contributed by atoms with Crippen molar-refractivity contribution in [2.75, 3.05) is 26.2 Å². The molecule has 14 unspecified atom stereocenters. The number of fused-ring (bicyclic) bond motifs is 5. The van der Waals surface area contributed by atoms with Crippen molar-refractivity contribution >= 4 is 34.6 Å². The average Bonchev–Trinajstić information content (AvgIpc) is 3.88. The number of nitrogens with zero attached hydrogens (tertiary/aromatic N) is 4. The summed E-state index contributed by atoms with van der Waals surface area (Å²) in [5, 5.41) is 89.1. The Morgan fingerprint density at radius 2 is 1.68 bits per heavy atom. The molecular weight excluding hydrogens is 857 g/mol. The van der Waals surface area contributed by atoms with E-state index in [9.17, 15) is 50.3 Å². The molecule has 14 atom stereocenters. The van der Waals surface area contributed by atoms with Gasteiger partial charge in [0.05, 0.1) is 30.5 Å². The molecule has 8 aliphatic rings. The fourth-order valence-corrected chi connectivity index (χ4v) is 12.9. The molecule has 22 nitrogen and oxygen atoms in total. The van der Waals surface area contributed by atoms with Crippen LogP contribution in [-0.2, 0) is 29.4 Å². The molecule has 0 radical (unpaired) electrons. The number of aliphatic hydroxyl groups is 6. The maximum absolute atomic E-state index is 12.9. The predicted octanol–water partition coefficient (Wildman–Crippen LogP) is 1.31. The lowest BCUT2D eigenvalue weighted by molar-refractivity contribution is -0.402. The number of cyclic esters (lactones) is 1. The molecule has 5 heterocycles. The van der Waals surface area contributed by atoms with Crippen molar-refractivity contribution in [1.29, 1.82) is 0 Å². The first-order valence-electron chi connectivity index (χ1n) is 21.1. The number of allylic oxidation sites excluding steroid dienone is 1. The fourth-order valence-electron chi connectivity index (χ4n) is 12.9. The summed E-state index contributed by atoms with van der Waals surface area (Å²) in [5.41, 5.74) is -8.96. The van der Waals surface area contributed by atoms with Gasteiger partial charge in [-0.15, -0.1) is 0 Å². The van der Waals surface area contributed by atoms with Crippen LogP contribution < -0.4 is 0 Å². The highest BCUT2D eigenvalue weighted by Gasteiger charge is 2.88. The maximum Gasteiger partial charge on any atom is 0.433 e. The minimum absolute atomic E-state index is 0.0606. The SMILES string of the molecule is CC=C(C)C(=O)OC1CCC2(C)C3CCC4C5(O)CC(O)C6(O)C(CN7CC(C)CCC7C6(C)O)C5(O)CC42OC13O.O=C1OCCN1N=Cc1ccc([N+](=O)[O-])o1.O=S(=O)(O)O. The van der Waals surface area contributed by atoms with Gasteiger partial charge in [0, 0.05) is 60.7 Å². The van der Waals surface area contributed by atoms with Gasteiger partial charge in [-0.2, -0.15) is 18.5 Å². The summed E-state index contributed by atoms with van der Waals surface area (Å²) in [4.78, 5) is 35.5. The molecule has 4 bridgehead atoms. The zero-order valence-corrected chi connectivity index (χ0v) is 36.5. The van der Waals surface area contributed by atoms with Crippen molar-refractivity contribution in [3.63, 3.8) is 0 Å². The smallest absolute Gasteiger partial charge is 0.433 e. The fraction of sp³-hybridized carbons (Fsp3) is 0.775. The van der Waals surface area contributed by atoms with Crippen molar-refractivity contribution in [3.8, 4) is 0 Å². The molecule has 8 N–H and O–H groups in total. The zero-order chi connectivity index (χ0) is 46.5. The van der Waals surface area contributed by atoms with E-state index in [1.807, 2.05) is 6.92 Å². The summed E-state index contributed by atoms with van der Waals surface area (Å²) >= 11 is 0. The molecule has 9 rings (SSSR count). The normalized spacial score (nSPS) is 45.1. The quantitative estimate of drug-likeness (QED) is 0.0515. The van der Waals surface area contributed by atoms with Gasteiger partial charge in [-0.3, -0.25) is 24.1 Å². The number of amides is 1. The highest BCUT2D eigenvalue weighted by atomic mass is 32.3. The topological polar surface area (TPSA) is 333 Å². The third-order valence-corrected chi connectivity index (χ3v) is 15.9. The molecular formula is C40H58N4O18S. The van der Waals surface area contributed by atoms with Crippen molar-refractivity contribution in [2.45, 2.75) is 138 Å². The van der Waals surface area contributed by atoms with E-state index < -0.39 is 96.6 Å². The minimum Gasteiger partial charge on any atom is -0.453 e. The van der Waals surface area contributed by atoms with Gasteiger partial charge in [0.15, 0.2) is 11.9 Å². The second-order valence-corrected chi connectivity index (χ2v) is 19.9. The van der Waals surface area contributed by atoms with Crippen LogP contribution in [0.5, 0.6) is 0 Å². The van der Waals surface area contributed by atoms with E-state index in [1.54, 1.807) is 26.8 Å². The van der Waals surface area contributed by atoms with Crippen molar-refractivity contribution in [2.24, 2.45) is 34.2 Å². The molecule has 23 heteroatoms. The van der Waals surface area contributed by atoms with Gasteiger partial charge in [0.1, 0.15) is 33.9 Å². The number of carbonyl (C=O) groups excluding carboxylic acids is 2. The van der Waals surface area contributed by atoms with Gasteiger partial charge in [0.2, 0.25) is 5.79 Å². The molecule has 4 aliphatic carbocycles. The molecule has 4 aliphatic heterocycles. The maximum atomic E-state index is 12.9. The summed E-state index contributed by atoms with van der Waals surface area (Å²) in [6, 6.07) is 2.22. The van der Waals surface area contributed by atoms with Crippen LogP contribution in [0.4, 0.5) is 10.7 Å². The van der Waals surface area contributed by atoms with Crippen LogP contribution in [0.1, 0.15) is 91.7 Å². The first-order valence-corrected chi connectivity index (χ1v) is 22.5. The standard InChI is InChI=1S/C32H49NO9.C8H7N3O5.H2O4S/c1-6-18(3)25(35)41-24-11-12-26(4)19-8-9-20-28(37)13-23(34)31(39)21(29(28,38)16-30(20,26)42-32(19,24)40)15-33-14-17(2)7-10-22(33)27(31,5)36;12-8-10(3-4-15-8)9-5-6-1-2-7(16-6)11(13)14;1-5(2,3)4/h6,17,19-24,34,36-40H,7-16H2,1-5H3;1-2,5H,3-4H2;(H2,1,2,3,4). The van der Waals surface area contributed by atoms with Gasteiger partial charge >= 0.3 is 28.3 Å². The number of hydrazone groups is 1. The Kier molecular flexibility index (Phi) is 11.9. The van der Waals surface area contributed by atoms with Crippen molar-refractivity contribution in [3.05, 3.63) is 39.7 Å². The summed E-state index contributed by atoms with van der Waals surface area (Å²) < 4.78 is 53.6. The third kappa shape index (κ3) is 7.21. The monoisotopic (exact) mass is 914 g/mol. The Hall–Kier alpha value is -3.62. The molecule has 1 spiro atoms. The van der Waals surface area contributed by atoms with Gasteiger partial charge in [-0.25, -0.2) is 9.59 Å². The summed E-state index contributed by atoms with van der Waals surface area (Å²) in [6.45, 7) is 10.7. The highest BCUT2D eigenvalue weighted by molar-refractivity contribution is 7.79. The van der Waals surface area contributed by atoms with E-state index in [-0.39, 0.29) is 43.7 Å². The Labute approximate surface area is 363 Å². The number of carbonyl (C=O) groups is 2. The molecule has 4 saturated heterocycles. The van der Waals surface area contributed by atoms with Gasteiger partial charge in [-0.05, 0) is 71.3 Å². The third-order valence-electron chi connectivity index (χ3n) is 15.9. The Balaban J connectivity index is 0.000000234. The molecule has 1 aromatic heterocycles. The molecule has 0 aromatic carbocycles. The second-order valence-electron chi connectivity index (χ2n) is 19.0. The van der Waals surface area contributed by atoms with Gasteiger partial charge in [-0.1, -0.05) is 19.9 Å². The highest BCUT2D eigenvalue weighted by Crippen LogP contribution is 2.78. The number of piperidine rings is 2.